The van der Waals surface area contributed by atoms with Crippen LogP contribution in [0.4, 0.5) is 0 Å². The quantitative estimate of drug-likeness (QED) is 0.227. The molecule has 0 rings (SSSR count). The Morgan fingerprint density at radius 2 is 1.71 bits per heavy atom. The van der Waals surface area contributed by atoms with Gasteiger partial charge in [0.2, 0.25) is 0 Å². The van der Waals surface area contributed by atoms with Gasteiger partial charge in [-0.2, -0.15) is 0 Å². The lowest BCUT2D eigenvalue weighted by molar-refractivity contribution is -0.142. The zero-order valence-corrected chi connectivity index (χ0v) is 19.1. The average molecular weight is 369 g/mol. The van der Waals surface area contributed by atoms with Gasteiger partial charge in [-0.05, 0) is 26.0 Å². The predicted octanol–water partition coefficient (Wildman–Crippen LogP) is 5.69. The lowest BCUT2D eigenvalue weighted by Gasteiger charge is -2.28. The Bertz CT molecular complexity index is 509. The van der Waals surface area contributed by atoms with Crippen LogP contribution in [0.25, 0.3) is 0 Å². The third-order valence-electron chi connectivity index (χ3n) is 3.74. The minimum absolute atomic E-state index is 0.148. The van der Waals surface area contributed by atoms with Gasteiger partial charge in [0, 0.05) is 13.6 Å². The molecular formula is C19H36O3Si2. The van der Waals surface area contributed by atoms with Crippen molar-refractivity contribution in [2.24, 2.45) is 5.92 Å². The molecule has 0 aliphatic rings. The fraction of sp³-hybridized carbons (Fsp3) is 0.632. The van der Waals surface area contributed by atoms with Crippen LogP contribution in [0, 0.1) is 5.92 Å². The highest BCUT2D eigenvalue weighted by Gasteiger charge is 2.29. The molecule has 0 aromatic rings. The maximum absolute atomic E-state index is 11.7. The van der Waals surface area contributed by atoms with Crippen LogP contribution in [0.15, 0.2) is 35.4 Å². The first-order valence-electron chi connectivity index (χ1n) is 8.65. The third-order valence-corrected chi connectivity index (χ3v) is 8.56. The van der Waals surface area contributed by atoms with Gasteiger partial charge < -0.3 is 9.47 Å². The van der Waals surface area contributed by atoms with E-state index in [0.29, 0.717) is 12.0 Å². The molecule has 0 aliphatic carbocycles. The van der Waals surface area contributed by atoms with E-state index in [9.17, 15) is 4.79 Å². The van der Waals surface area contributed by atoms with Gasteiger partial charge in [0.1, 0.15) is 13.8 Å². The van der Waals surface area contributed by atoms with E-state index in [1.54, 1.807) is 12.3 Å². The van der Waals surface area contributed by atoms with Crippen LogP contribution >= 0.6 is 0 Å². The van der Waals surface area contributed by atoms with Crippen LogP contribution in [-0.4, -0.2) is 28.3 Å². The molecule has 0 spiro atoms. The molecule has 0 radical (unpaired) electrons. The molecule has 5 heteroatoms. The Balaban J connectivity index is 4.77. The Morgan fingerprint density at radius 1 is 1.17 bits per heavy atom. The summed E-state index contributed by atoms with van der Waals surface area (Å²) >= 11 is 0. The van der Waals surface area contributed by atoms with Crippen molar-refractivity contribution in [3.05, 3.63) is 35.4 Å². The number of esters is 1. The fourth-order valence-corrected chi connectivity index (χ4v) is 7.50. The van der Waals surface area contributed by atoms with Crippen molar-refractivity contribution >= 4 is 22.1 Å². The van der Waals surface area contributed by atoms with Crippen LogP contribution < -0.4 is 0 Å². The average Bonchev–Trinajstić information content (AvgIpc) is 2.41. The maximum Gasteiger partial charge on any atom is 0.313 e. The van der Waals surface area contributed by atoms with E-state index in [2.05, 4.69) is 39.3 Å². The Hall–Kier alpha value is -1.08. The number of carbonyl (C=O) groups excluding carboxylic acids is 1. The normalized spacial score (nSPS) is 13.9. The summed E-state index contributed by atoms with van der Waals surface area (Å²) in [5.41, 5.74) is 0.826. The highest BCUT2D eigenvalue weighted by Crippen LogP contribution is 2.24. The van der Waals surface area contributed by atoms with Crippen molar-refractivity contribution in [2.75, 3.05) is 6.23 Å². The molecule has 0 atom stereocenters. The SMILES string of the molecule is C=C(C[Si](C)(C)C)[Si](C)(C)CO/C=C(C)/C(=C/C)OC(=O)C(C)C. The van der Waals surface area contributed by atoms with E-state index in [1.807, 2.05) is 27.7 Å². The van der Waals surface area contributed by atoms with Gasteiger partial charge in [0.25, 0.3) is 0 Å². The van der Waals surface area contributed by atoms with Gasteiger partial charge in [-0.25, -0.2) is 0 Å². The van der Waals surface area contributed by atoms with Gasteiger partial charge in [-0.1, -0.05) is 51.8 Å². The molecule has 3 nitrogen and oxygen atoms in total. The van der Waals surface area contributed by atoms with Crippen LogP contribution in [0.2, 0.25) is 38.8 Å². The largest absolute Gasteiger partial charge is 0.504 e. The molecular weight excluding hydrogens is 332 g/mol. The fourth-order valence-electron chi connectivity index (χ4n) is 2.01. The number of hydrogen-bond acceptors (Lipinski definition) is 3. The summed E-state index contributed by atoms with van der Waals surface area (Å²) < 4.78 is 11.2. The summed E-state index contributed by atoms with van der Waals surface area (Å²) in [6.45, 7) is 23.4. The van der Waals surface area contributed by atoms with Gasteiger partial charge >= 0.3 is 5.97 Å². The summed E-state index contributed by atoms with van der Waals surface area (Å²) in [5.74, 6) is 0.188. The Morgan fingerprint density at radius 3 is 2.12 bits per heavy atom. The minimum atomic E-state index is -1.63. The van der Waals surface area contributed by atoms with Gasteiger partial charge in [-0.15, -0.1) is 6.58 Å². The zero-order chi connectivity index (χ0) is 19.1. The van der Waals surface area contributed by atoms with Gasteiger partial charge in [0.05, 0.1) is 18.4 Å². The highest BCUT2D eigenvalue weighted by molar-refractivity contribution is 6.87. The highest BCUT2D eigenvalue weighted by atomic mass is 28.3. The van der Waals surface area contributed by atoms with E-state index in [4.69, 9.17) is 9.47 Å². The molecule has 24 heavy (non-hydrogen) atoms. The maximum atomic E-state index is 11.7. The molecule has 0 heterocycles. The summed E-state index contributed by atoms with van der Waals surface area (Å²) in [5, 5.41) is 1.38. The second-order valence-electron chi connectivity index (χ2n) is 8.57. The number of ether oxygens (including phenoxy) is 2. The second-order valence-corrected chi connectivity index (χ2v) is 18.8. The molecule has 0 fully saturated rings. The lowest BCUT2D eigenvalue weighted by Crippen LogP contribution is -2.38. The molecule has 0 aromatic heterocycles. The minimum Gasteiger partial charge on any atom is -0.504 e. The van der Waals surface area contributed by atoms with E-state index >= 15 is 0 Å². The molecule has 0 saturated heterocycles. The number of rotatable bonds is 9. The van der Waals surface area contributed by atoms with E-state index in [0.717, 1.165) is 11.6 Å². The number of hydrogen-bond donors (Lipinski definition) is 0. The van der Waals surface area contributed by atoms with Crippen LogP contribution in [0.3, 0.4) is 0 Å². The van der Waals surface area contributed by atoms with Crippen LogP contribution in [0.1, 0.15) is 27.7 Å². The number of carbonyl (C=O) groups is 1. The van der Waals surface area contributed by atoms with Crippen molar-refractivity contribution in [2.45, 2.75) is 66.5 Å². The summed E-state index contributed by atoms with van der Waals surface area (Å²) in [7, 11) is -2.78. The standard InChI is InChI=1S/C19H36O3Si2/c1-11-18(22-19(20)15(2)3)16(4)12-21-14-24(9,10)17(5)13-23(6,7)8/h11-12,15H,5,13-14H2,1-4,6-10H3/b16-12+,18-11-. The summed E-state index contributed by atoms with van der Waals surface area (Å²) in [6, 6.07) is 1.16. The van der Waals surface area contributed by atoms with Crippen molar-refractivity contribution in [3.63, 3.8) is 0 Å². The topological polar surface area (TPSA) is 35.5 Å². The molecule has 0 saturated carbocycles. The van der Waals surface area contributed by atoms with E-state index < -0.39 is 16.1 Å². The first-order valence-corrected chi connectivity index (χ1v) is 15.6. The number of allylic oxidation sites excluding steroid dienone is 3. The predicted molar refractivity (Wildman–Crippen MR) is 109 cm³/mol. The Labute approximate surface area is 150 Å². The molecule has 0 N–H and O–H groups in total. The van der Waals surface area contributed by atoms with Gasteiger partial charge in [0.15, 0.2) is 0 Å². The summed E-state index contributed by atoms with van der Waals surface area (Å²) in [6.07, 6.45) is 4.20. The van der Waals surface area contributed by atoms with Crippen molar-refractivity contribution < 1.29 is 14.3 Å². The first-order chi connectivity index (χ1) is 10.8. The summed E-state index contributed by atoms with van der Waals surface area (Å²) in [4.78, 5) is 11.7. The van der Waals surface area contributed by atoms with E-state index in [-0.39, 0.29) is 11.9 Å². The smallest absolute Gasteiger partial charge is 0.313 e. The lowest BCUT2D eigenvalue weighted by atomic mass is 10.2. The van der Waals surface area contributed by atoms with E-state index in [1.165, 1.54) is 5.20 Å². The van der Waals surface area contributed by atoms with Crippen LogP contribution in [-0.2, 0) is 14.3 Å². The van der Waals surface area contributed by atoms with Crippen LogP contribution in [0.5, 0.6) is 0 Å². The zero-order valence-electron chi connectivity index (χ0n) is 17.1. The monoisotopic (exact) mass is 368 g/mol. The molecule has 0 bridgehead atoms. The molecule has 0 aromatic carbocycles. The van der Waals surface area contributed by atoms with Crippen molar-refractivity contribution in [3.8, 4) is 0 Å². The second kappa shape index (κ2) is 9.42. The molecule has 0 amide bonds. The molecule has 0 unspecified atom stereocenters. The first kappa shape index (κ1) is 22.9. The Kier molecular flexibility index (Phi) is 9.00. The van der Waals surface area contributed by atoms with Crippen molar-refractivity contribution in [1.29, 1.82) is 0 Å². The molecule has 0 aliphatic heterocycles. The van der Waals surface area contributed by atoms with Gasteiger partial charge in [-0.3, -0.25) is 4.79 Å². The molecule has 138 valence electrons. The van der Waals surface area contributed by atoms with Crippen molar-refractivity contribution in [1.82, 2.24) is 0 Å². The third kappa shape index (κ3) is 8.69.